The van der Waals surface area contributed by atoms with E-state index in [0.29, 0.717) is 25.1 Å². The van der Waals surface area contributed by atoms with Crippen LogP contribution >= 0.6 is 11.8 Å². The van der Waals surface area contributed by atoms with Gasteiger partial charge in [0.1, 0.15) is 6.10 Å². The molecule has 1 aliphatic heterocycles. The van der Waals surface area contributed by atoms with Gasteiger partial charge in [0.2, 0.25) is 11.8 Å². The van der Waals surface area contributed by atoms with Crippen LogP contribution in [0.3, 0.4) is 0 Å². The van der Waals surface area contributed by atoms with E-state index in [9.17, 15) is 27.6 Å². The van der Waals surface area contributed by atoms with Crippen LogP contribution in [0.5, 0.6) is 0 Å². The number of rotatable bonds is 8. The van der Waals surface area contributed by atoms with Crippen molar-refractivity contribution in [1.29, 1.82) is 0 Å². The standard InChI is InChI=1S/C23H24F3N3O4S/c1-14-4-6-15(7-5-14)27-20(30)12-34-13-21(31)29-18-9-8-16(11-17(18)23(24,25)26)28-22(32)19-3-2-10-33-19/h4-9,11,19H,2-3,10,12-13H2,1H3,(H,27,30)(H,28,32)(H,29,31). The van der Waals surface area contributed by atoms with E-state index in [4.69, 9.17) is 4.74 Å². The largest absolute Gasteiger partial charge is 0.418 e. The van der Waals surface area contributed by atoms with Gasteiger partial charge in [-0.1, -0.05) is 17.7 Å². The molecule has 0 aliphatic carbocycles. The maximum Gasteiger partial charge on any atom is 0.418 e. The van der Waals surface area contributed by atoms with E-state index in [-0.39, 0.29) is 23.1 Å². The van der Waals surface area contributed by atoms with E-state index in [0.717, 1.165) is 29.5 Å². The highest BCUT2D eigenvalue weighted by atomic mass is 32.2. The lowest BCUT2D eigenvalue weighted by Gasteiger charge is -2.16. The third-order valence-corrected chi connectivity index (χ3v) is 5.82. The van der Waals surface area contributed by atoms with Crippen LogP contribution in [0.1, 0.15) is 24.0 Å². The predicted molar refractivity (Wildman–Crippen MR) is 125 cm³/mol. The molecule has 3 N–H and O–H groups in total. The summed E-state index contributed by atoms with van der Waals surface area (Å²) in [6, 6.07) is 10.3. The fraction of sp³-hybridized carbons (Fsp3) is 0.348. The number of alkyl halides is 3. The fourth-order valence-corrected chi connectivity index (χ4v) is 3.85. The molecule has 11 heteroatoms. The van der Waals surface area contributed by atoms with Gasteiger partial charge in [-0.3, -0.25) is 14.4 Å². The van der Waals surface area contributed by atoms with Crippen LogP contribution in [-0.2, 0) is 25.3 Å². The summed E-state index contributed by atoms with van der Waals surface area (Å²) in [5.74, 6) is -1.78. The third kappa shape index (κ3) is 7.49. The summed E-state index contributed by atoms with van der Waals surface area (Å²) in [5, 5.41) is 7.33. The average molecular weight is 496 g/mol. The number of halogens is 3. The molecule has 0 aromatic heterocycles. The lowest BCUT2D eigenvalue weighted by molar-refractivity contribution is -0.137. The molecular weight excluding hydrogens is 471 g/mol. The summed E-state index contributed by atoms with van der Waals surface area (Å²) in [5.41, 5.74) is 0.0843. The van der Waals surface area contributed by atoms with Gasteiger partial charge in [0.15, 0.2) is 0 Å². The Morgan fingerprint density at radius 3 is 2.24 bits per heavy atom. The molecule has 3 amide bonds. The molecule has 182 valence electrons. The smallest absolute Gasteiger partial charge is 0.368 e. The monoisotopic (exact) mass is 495 g/mol. The summed E-state index contributed by atoms with van der Waals surface area (Å²) in [4.78, 5) is 36.3. The lowest BCUT2D eigenvalue weighted by atomic mass is 10.1. The van der Waals surface area contributed by atoms with E-state index in [1.807, 2.05) is 19.1 Å². The first kappa shape index (κ1) is 25.6. The fourth-order valence-electron chi connectivity index (χ4n) is 3.23. The zero-order chi connectivity index (χ0) is 24.7. The predicted octanol–water partition coefficient (Wildman–Crippen LogP) is 4.44. The number of hydrogen-bond donors (Lipinski definition) is 3. The summed E-state index contributed by atoms with van der Waals surface area (Å²) >= 11 is 0.974. The van der Waals surface area contributed by atoms with Gasteiger partial charge in [-0.25, -0.2) is 0 Å². The van der Waals surface area contributed by atoms with Crippen molar-refractivity contribution < 1.29 is 32.3 Å². The van der Waals surface area contributed by atoms with E-state index in [1.54, 1.807) is 12.1 Å². The van der Waals surface area contributed by atoms with Crippen molar-refractivity contribution >= 4 is 46.5 Å². The summed E-state index contributed by atoms with van der Waals surface area (Å²) in [6.45, 7) is 2.35. The first-order valence-corrected chi connectivity index (χ1v) is 11.6. The highest BCUT2D eigenvalue weighted by Gasteiger charge is 2.34. The zero-order valence-electron chi connectivity index (χ0n) is 18.3. The molecule has 1 fully saturated rings. The molecule has 2 aromatic carbocycles. The van der Waals surface area contributed by atoms with E-state index < -0.39 is 35.3 Å². The molecular formula is C23H24F3N3O4S. The number of anilines is 3. The summed E-state index contributed by atoms with van der Waals surface area (Å²) < 4.78 is 45.9. The average Bonchev–Trinajstić information content (AvgIpc) is 3.31. The highest BCUT2D eigenvalue weighted by molar-refractivity contribution is 8.00. The van der Waals surface area contributed by atoms with Gasteiger partial charge in [0, 0.05) is 18.0 Å². The number of nitrogens with one attached hydrogen (secondary N) is 3. The molecule has 1 unspecified atom stereocenters. The van der Waals surface area contributed by atoms with Gasteiger partial charge < -0.3 is 20.7 Å². The Hall–Kier alpha value is -3.05. The van der Waals surface area contributed by atoms with E-state index >= 15 is 0 Å². The van der Waals surface area contributed by atoms with E-state index in [2.05, 4.69) is 16.0 Å². The molecule has 1 heterocycles. The van der Waals surface area contributed by atoms with Crippen molar-refractivity contribution in [2.24, 2.45) is 0 Å². The van der Waals surface area contributed by atoms with Gasteiger partial charge in [-0.05, 0) is 50.1 Å². The number of carbonyl (C=O) groups excluding carboxylic acids is 3. The Morgan fingerprint density at radius 2 is 1.62 bits per heavy atom. The van der Waals surface area contributed by atoms with Crippen molar-refractivity contribution in [1.82, 2.24) is 0 Å². The lowest BCUT2D eigenvalue weighted by Crippen LogP contribution is -2.27. The van der Waals surface area contributed by atoms with Gasteiger partial charge in [-0.15, -0.1) is 11.8 Å². The third-order valence-electron chi connectivity index (χ3n) is 4.89. The van der Waals surface area contributed by atoms with Crippen LogP contribution in [0.4, 0.5) is 30.2 Å². The molecule has 1 aliphatic rings. The second-order valence-corrected chi connectivity index (χ2v) is 8.69. The van der Waals surface area contributed by atoms with Crippen LogP contribution < -0.4 is 16.0 Å². The molecule has 0 spiro atoms. The molecule has 3 rings (SSSR count). The summed E-state index contributed by atoms with van der Waals surface area (Å²) in [6.07, 6.45) is -4.22. The van der Waals surface area contributed by atoms with Gasteiger partial charge in [0.05, 0.1) is 22.8 Å². The van der Waals surface area contributed by atoms with Crippen LogP contribution in [-0.4, -0.2) is 41.9 Å². The van der Waals surface area contributed by atoms with Crippen molar-refractivity contribution in [3.05, 3.63) is 53.6 Å². The minimum atomic E-state index is -4.76. The first-order chi connectivity index (χ1) is 16.1. The number of benzene rings is 2. The Kier molecular flexibility index (Phi) is 8.56. The van der Waals surface area contributed by atoms with Gasteiger partial charge in [0.25, 0.3) is 5.91 Å². The SMILES string of the molecule is Cc1ccc(NC(=O)CSCC(=O)Nc2ccc(NC(=O)C3CCCO3)cc2C(F)(F)F)cc1. The quantitative estimate of drug-likeness (QED) is 0.503. The molecule has 0 bridgehead atoms. The minimum Gasteiger partial charge on any atom is -0.368 e. The van der Waals surface area contributed by atoms with Gasteiger partial charge in [-0.2, -0.15) is 13.2 Å². The molecule has 34 heavy (non-hydrogen) atoms. The molecule has 0 radical (unpaired) electrons. The normalized spacial score (nSPS) is 15.6. The number of hydrogen-bond acceptors (Lipinski definition) is 5. The Labute approximate surface area is 198 Å². The van der Waals surface area contributed by atoms with E-state index in [1.165, 1.54) is 6.07 Å². The van der Waals surface area contributed by atoms with Crippen LogP contribution in [0, 0.1) is 6.92 Å². The number of aryl methyl sites for hydroxylation is 1. The molecule has 0 saturated carbocycles. The zero-order valence-corrected chi connectivity index (χ0v) is 19.1. The van der Waals surface area contributed by atoms with Gasteiger partial charge >= 0.3 is 6.18 Å². The summed E-state index contributed by atoms with van der Waals surface area (Å²) in [7, 11) is 0. The van der Waals surface area contributed by atoms with Crippen molar-refractivity contribution in [3.8, 4) is 0 Å². The van der Waals surface area contributed by atoms with Crippen molar-refractivity contribution in [2.75, 3.05) is 34.1 Å². The number of ether oxygens (including phenoxy) is 1. The molecule has 1 saturated heterocycles. The number of thioether (sulfide) groups is 1. The van der Waals surface area contributed by atoms with Crippen molar-refractivity contribution in [3.63, 3.8) is 0 Å². The Bertz CT molecular complexity index is 1040. The Balaban J connectivity index is 1.54. The van der Waals surface area contributed by atoms with Crippen molar-refractivity contribution in [2.45, 2.75) is 32.0 Å². The molecule has 7 nitrogen and oxygen atoms in total. The second-order valence-electron chi connectivity index (χ2n) is 7.70. The maximum atomic E-state index is 13.6. The number of amides is 3. The molecule has 1 atom stereocenters. The Morgan fingerprint density at radius 1 is 0.971 bits per heavy atom. The maximum absolute atomic E-state index is 13.6. The second kappa shape index (κ2) is 11.4. The number of carbonyl (C=O) groups is 3. The van der Waals surface area contributed by atoms with Crippen LogP contribution in [0.2, 0.25) is 0 Å². The minimum absolute atomic E-state index is 0.0400. The highest BCUT2D eigenvalue weighted by Crippen LogP contribution is 2.37. The first-order valence-electron chi connectivity index (χ1n) is 10.5. The topological polar surface area (TPSA) is 96.5 Å². The molecule has 2 aromatic rings. The van der Waals surface area contributed by atoms with Crippen LogP contribution in [0.15, 0.2) is 42.5 Å². The van der Waals surface area contributed by atoms with Crippen LogP contribution in [0.25, 0.3) is 0 Å².